The highest BCUT2D eigenvalue weighted by molar-refractivity contribution is 6.30. The Labute approximate surface area is 85.5 Å². The first-order chi connectivity index (χ1) is 6.43. The van der Waals surface area contributed by atoms with Gasteiger partial charge in [0.2, 0.25) is 0 Å². The average Bonchev–Trinajstić information content (AvgIpc) is 2.08. The molecule has 0 aliphatic heterocycles. The Morgan fingerprint density at radius 1 is 1.57 bits per heavy atom. The second-order valence-corrected chi connectivity index (χ2v) is 3.64. The number of hydrogen-bond donors (Lipinski definition) is 2. The molecule has 14 heavy (non-hydrogen) atoms. The molecule has 0 aliphatic rings. The maximum absolute atomic E-state index is 11.1. The first-order valence-corrected chi connectivity index (χ1v) is 4.47. The number of carboxylic acid groups (broad SMARTS) is 1. The zero-order chi connectivity index (χ0) is 10.9. The smallest absolute Gasteiger partial charge is 0.352 e. The molecule has 0 unspecified atom stereocenters. The van der Waals surface area contributed by atoms with Crippen molar-refractivity contribution in [1.29, 1.82) is 0 Å². The molecule has 4 nitrogen and oxygen atoms in total. The van der Waals surface area contributed by atoms with Gasteiger partial charge >= 0.3 is 5.97 Å². The molecule has 0 fully saturated rings. The molecule has 0 radical (unpaired) electrons. The third-order valence-corrected chi connectivity index (χ3v) is 2.14. The third-order valence-electron chi connectivity index (χ3n) is 1.86. The number of aromatic carboxylic acids is 1. The van der Waals surface area contributed by atoms with Gasteiger partial charge in [-0.1, -0.05) is 25.4 Å². The van der Waals surface area contributed by atoms with E-state index in [0.717, 1.165) is 0 Å². The predicted molar refractivity (Wildman–Crippen MR) is 53.1 cm³/mol. The van der Waals surface area contributed by atoms with Gasteiger partial charge in [-0.3, -0.25) is 4.79 Å². The number of pyridine rings is 1. The van der Waals surface area contributed by atoms with Crippen LogP contribution >= 0.6 is 11.6 Å². The molecule has 0 aliphatic carbocycles. The standard InChI is InChI=1S/C9H10ClNO3/c1-4(2)5-3-6(10)8(12)11-7(5)9(13)14/h3-4H,1-2H3,(H,11,12)(H,13,14). The van der Waals surface area contributed by atoms with Gasteiger partial charge in [0.15, 0.2) is 0 Å². The van der Waals surface area contributed by atoms with Crippen molar-refractivity contribution in [2.24, 2.45) is 0 Å². The molecule has 2 N–H and O–H groups in total. The van der Waals surface area contributed by atoms with E-state index in [1.807, 2.05) is 13.8 Å². The predicted octanol–water partition coefficient (Wildman–Crippen LogP) is 1.85. The molecule has 0 saturated heterocycles. The summed E-state index contributed by atoms with van der Waals surface area (Å²) in [6.45, 7) is 3.66. The lowest BCUT2D eigenvalue weighted by Crippen LogP contribution is -2.16. The second-order valence-electron chi connectivity index (χ2n) is 3.24. The van der Waals surface area contributed by atoms with Crippen LogP contribution < -0.4 is 5.56 Å². The van der Waals surface area contributed by atoms with Gasteiger partial charge in [0.05, 0.1) is 0 Å². The van der Waals surface area contributed by atoms with Gasteiger partial charge in [-0.15, -0.1) is 0 Å². The zero-order valence-electron chi connectivity index (χ0n) is 7.80. The Balaban J connectivity index is 3.47. The number of carboxylic acids is 1. The summed E-state index contributed by atoms with van der Waals surface area (Å²) in [5.74, 6) is -1.15. The van der Waals surface area contributed by atoms with E-state index in [9.17, 15) is 9.59 Å². The van der Waals surface area contributed by atoms with Crippen molar-refractivity contribution >= 4 is 17.6 Å². The van der Waals surface area contributed by atoms with Crippen LogP contribution in [0.1, 0.15) is 35.8 Å². The number of nitrogens with one attached hydrogen (secondary N) is 1. The summed E-state index contributed by atoms with van der Waals surface area (Å²) in [6.07, 6.45) is 0. The molecule has 0 amide bonds. The van der Waals surface area contributed by atoms with E-state index >= 15 is 0 Å². The van der Waals surface area contributed by atoms with Crippen LogP contribution in [0.5, 0.6) is 0 Å². The molecule has 0 aromatic carbocycles. The Hall–Kier alpha value is -1.29. The van der Waals surface area contributed by atoms with Crippen molar-refractivity contribution in [1.82, 2.24) is 4.98 Å². The number of aromatic nitrogens is 1. The number of hydrogen-bond acceptors (Lipinski definition) is 2. The molecule has 0 spiro atoms. The molecule has 76 valence electrons. The lowest BCUT2D eigenvalue weighted by Gasteiger charge is -2.08. The largest absolute Gasteiger partial charge is 0.477 e. The van der Waals surface area contributed by atoms with E-state index in [1.165, 1.54) is 6.07 Å². The maximum Gasteiger partial charge on any atom is 0.352 e. The first kappa shape index (κ1) is 10.8. The fraction of sp³-hybridized carbons (Fsp3) is 0.333. The van der Waals surface area contributed by atoms with Crippen LogP contribution in [0.3, 0.4) is 0 Å². The SMILES string of the molecule is CC(C)c1cc(Cl)c(=O)[nH]c1C(=O)O. The van der Waals surface area contributed by atoms with Gasteiger partial charge in [0, 0.05) is 0 Å². The zero-order valence-corrected chi connectivity index (χ0v) is 8.55. The Bertz CT molecular complexity index is 423. The van der Waals surface area contributed by atoms with Crippen LogP contribution in [-0.2, 0) is 0 Å². The molecular formula is C9H10ClNO3. The first-order valence-electron chi connectivity index (χ1n) is 4.09. The molecule has 0 atom stereocenters. The molecule has 1 aromatic heterocycles. The number of rotatable bonds is 2. The van der Waals surface area contributed by atoms with Gasteiger partial charge in [-0.2, -0.15) is 0 Å². The lowest BCUT2D eigenvalue weighted by atomic mass is 10.0. The summed E-state index contributed by atoms with van der Waals surface area (Å²) >= 11 is 5.60. The van der Waals surface area contributed by atoms with Crippen molar-refractivity contribution in [3.05, 3.63) is 32.7 Å². The van der Waals surface area contributed by atoms with Crippen LogP contribution in [0.2, 0.25) is 5.02 Å². The number of aromatic amines is 1. The van der Waals surface area contributed by atoms with Gasteiger partial charge < -0.3 is 10.1 Å². The molecule has 1 rings (SSSR count). The van der Waals surface area contributed by atoms with E-state index in [-0.39, 0.29) is 16.6 Å². The molecule has 0 saturated carbocycles. The highest BCUT2D eigenvalue weighted by Gasteiger charge is 2.15. The van der Waals surface area contributed by atoms with Crippen LogP contribution in [0.25, 0.3) is 0 Å². The summed E-state index contributed by atoms with van der Waals surface area (Å²) in [4.78, 5) is 24.1. The minimum atomic E-state index is -1.15. The Kier molecular flexibility index (Phi) is 2.96. The Morgan fingerprint density at radius 3 is 2.57 bits per heavy atom. The topological polar surface area (TPSA) is 70.2 Å². The van der Waals surface area contributed by atoms with Gasteiger partial charge in [0.1, 0.15) is 10.7 Å². The van der Waals surface area contributed by atoms with Crippen LogP contribution in [0.15, 0.2) is 10.9 Å². The van der Waals surface area contributed by atoms with Crippen molar-refractivity contribution < 1.29 is 9.90 Å². The quantitative estimate of drug-likeness (QED) is 0.791. The van der Waals surface area contributed by atoms with Crippen molar-refractivity contribution in [3.8, 4) is 0 Å². The monoisotopic (exact) mass is 215 g/mol. The van der Waals surface area contributed by atoms with Crippen LogP contribution in [0, 0.1) is 0 Å². The summed E-state index contributed by atoms with van der Waals surface area (Å²) in [5, 5.41) is 8.83. The van der Waals surface area contributed by atoms with Crippen molar-refractivity contribution in [3.63, 3.8) is 0 Å². The molecular weight excluding hydrogens is 206 g/mol. The molecule has 1 aromatic rings. The van der Waals surface area contributed by atoms with Gasteiger partial charge in [-0.05, 0) is 17.5 Å². The van der Waals surface area contributed by atoms with Gasteiger partial charge in [-0.25, -0.2) is 4.79 Å². The third kappa shape index (κ3) is 1.96. The van der Waals surface area contributed by atoms with Crippen LogP contribution in [-0.4, -0.2) is 16.1 Å². The lowest BCUT2D eigenvalue weighted by molar-refractivity contribution is 0.0688. The van der Waals surface area contributed by atoms with E-state index in [1.54, 1.807) is 0 Å². The average molecular weight is 216 g/mol. The summed E-state index contributed by atoms with van der Waals surface area (Å²) in [6, 6.07) is 1.40. The number of H-pyrrole nitrogens is 1. The fourth-order valence-electron chi connectivity index (χ4n) is 1.15. The van der Waals surface area contributed by atoms with E-state index in [0.29, 0.717) is 5.56 Å². The summed E-state index contributed by atoms with van der Waals surface area (Å²) in [7, 11) is 0. The van der Waals surface area contributed by atoms with Crippen molar-refractivity contribution in [2.45, 2.75) is 19.8 Å². The fourth-order valence-corrected chi connectivity index (χ4v) is 1.32. The molecule has 1 heterocycles. The van der Waals surface area contributed by atoms with E-state index in [4.69, 9.17) is 16.7 Å². The van der Waals surface area contributed by atoms with E-state index in [2.05, 4.69) is 4.98 Å². The minimum Gasteiger partial charge on any atom is -0.477 e. The summed E-state index contributed by atoms with van der Waals surface area (Å²) in [5.41, 5.74) is -0.134. The molecule has 0 bridgehead atoms. The maximum atomic E-state index is 11.1. The van der Waals surface area contributed by atoms with Crippen LogP contribution in [0.4, 0.5) is 0 Å². The second kappa shape index (κ2) is 3.84. The highest BCUT2D eigenvalue weighted by Crippen LogP contribution is 2.19. The summed E-state index contributed by atoms with van der Waals surface area (Å²) < 4.78 is 0. The number of carbonyl (C=O) groups is 1. The minimum absolute atomic E-state index is 0.00421. The highest BCUT2D eigenvalue weighted by atomic mass is 35.5. The van der Waals surface area contributed by atoms with Gasteiger partial charge in [0.25, 0.3) is 5.56 Å². The molecule has 5 heteroatoms. The normalized spacial score (nSPS) is 10.6. The van der Waals surface area contributed by atoms with E-state index < -0.39 is 11.5 Å². The van der Waals surface area contributed by atoms with Crippen molar-refractivity contribution in [2.75, 3.05) is 0 Å². The number of halogens is 1. The Morgan fingerprint density at radius 2 is 2.14 bits per heavy atom.